The quantitative estimate of drug-likeness (QED) is 0.434. The summed E-state index contributed by atoms with van der Waals surface area (Å²) in [5.74, 6) is 0. The maximum Gasteiger partial charge on any atom is 0.332 e. The number of urea groups is 1. The lowest BCUT2D eigenvalue weighted by Gasteiger charge is -1.99. The summed E-state index contributed by atoms with van der Waals surface area (Å²) in [5, 5.41) is 20.9. The van der Waals surface area contributed by atoms with Crippen LogP contribution in [0.2, 0.25) is 0 Å². The van der Waals surface area contributed by atoms with E-state index in [2.05, 4.69) is 20.7 Å². The minimum atomic E-state index is -0.790. The first-order chi connectivity index (χ1) is 9.58. The van der Waals surface area contributed by atoms with E-state index >= 15 is 0 Å². The van der Waals surface area contributed by atoms with Gasteiger partial charge in [-0.25, -0.2) is 10.2 Å². The summed E-state index contributed by atoms with van der Waals surface area (Å²) in [6, 6.07) is 5.27. The van der Waals surface area contributed by atoms with E-state index in [1.165, 1.54) is 24.5 Å². The van der Waals surface area contributed by atoms with Crippen molar-refractivity contribution in [2.75, 3.05) is 0 Å². The Morgan fingerprint density at radius 2 is 2.35 bits per heavy atom. The minimum Gasteiger partial charge on any atom is -0.350 e. The van der Waals surface area contributed by atoms with E-state index in [4.69, 9.17) is 5.73 Å². The van der Waals surface area contributed by atoms with Gasteiger partial charge in [0, 0.05) is 23.3 Å². The molecule has 9 nitrogen and oxygen atoms in total. The fourth-order valence-corrected chi connectivity index (χ4v) is 1.56. The maximum atomic E-state index is 10.7. The molecule has 2 aromatic rings. The van der Waals surface area contributed by atoms with Gasteiger partial charge in [-0.2, -0.15) is 10.2 Å². The molecule has 0 bridgehead atoms. The number of H-pyrrole nitrogens is 1. The van der Waals surface area contributed by atoms with Crippen LogP contribution in [0, 0.1) is 10.1 Å². The normalized spacial score (nSPS) is 10.6. The van der Waals surface area contributed by atoms with Gasteiger partial charge < -0.3 is 5.73 Å². The summed E-state index contributed by atoms with van der Waals surface area (Å²) in [7, 11) is 0. The Morgan fingerprint density at radius 3 is 3.05 bits per heavy atom. The molecular formula is C11H10N6O3. The van der Waals surface area contributed by atoms with Crippen LogP contribution in [-0.2, 0) is 0 Å². The largest absolute Gasteiger partial charge is 0.350 e. The number of primary amides is 1. The highest BCUT2D eigenvalue weighted by molar-refractivity contribution is 5.89. The van der Waals surface area contributed by atoms with Crippen LogP contribution < -0.4 is 11.2 Å². The van der Waals surface area contributed by atoms with Crippen molar-refractivity contribution in [2.45, 2.75) is 0 Å². The zero-order chi connectivity index (χ0) is 14.5. The molecule has 0 aliphatic heterocycles. The second-order valence-electron chi connectivity index (χ2n) is 3.74. The van der Waals surface area contributed by atoms with Crippen molar-refractivity contribution in [3.63, 3.8) is 0 Å². The molecule has 1 aromatic heterocycles. The van der Waals surface area contributed by atoms with Crippen molar-refractivity contribution in [1.29, 1.82) is 0 Å². The summed E-state index contributed by atoms with van der Waals surface area (Å²) in [4.78, 5) is 20.8. The van der Waals surface area contributed by atoms with Crippen LogP contribution in [0.4, 0.5) is 10.5 Å². The van der Waals surface area contributed by atoms with Gasteiger partial charge in [-0.3, -0.25) is 15.2 Å². The van der Waals surface area contributed by atoms with Gasteiger partial charge in [-0.1, -0.05) is 12.1 Å². The Labute approximate surface area is 112 Å². The molecule has 0 spiro atoms. The van der Waals surface area contributed by atoms with Crippen LogP contribution >= 0.6 is 0 Å². The summed E-state index contributed by atoms with van der Waals surface area (Å²) >= 11 is 0. The number of non-ortho nitro benzene ring substituents is 1. The second-order valence-corrected chi connectivity index (χ2v) is 3.74. The average Bonchev–Trinajstić information content (AvgIpc) is 2.87. The highest BCUT2D eigenvalue weighted by Gasteiger charge is 2.11. The lowest BCUT2D eigenvalue weighted by Crippen LogP contribution is -2.24. The predicted molar refractivity (Wildman–Crippen MR) is 71.0 cm³/mol. The summed E-state index contributed by atoms with van der Waals surface area (Å²) in [5.41, 5.74) is 8.57. The van der Waals surface area contributed by atoms with E-state index in [0.717, 1.165) is 0 Å². The monoisotopic (exact) mass is 274 g/mol. The number of carbonyl (C=O) groups excluding carboxylic acids is 1. The van der Waals surface area contributed by atoms with Crippen LogP contribution in [0.1, 0.15) is 5.56 Å². The fourth-order valence-electron chi connectivity index (χ4n) is 1.56. The first-order valence-corrected chi connectivity index (χ1v) is 5.44. The third-order valence-corrected chi connectivity index (χ3v) is 2.39. The molecule has 2 rings (SSSR count). The van der Waals surface area contributed by atoms with Crippen molar-refractivity contribution in [1.82, 2.24) is 15.6 Å². The molecule has 0 saturated heterocycles. The second kappa shape index (κ2) is 5.61. The van der Waals surface area contributed by atoms with Gasteiger partial charge in [0.1, 0.15) is 0 Å². The fraction of sp³-hybridized carbons (Fsp3) is 0. The standard InChI is InChI=1S/C11H10N6O3/c12-11(18)16-14-6-8-5-13-15-10(8)7-2-1-3-9(4-7)17(19)20/h1-6H,(H,13,15)(H3,12,16,18)/b14-6+. The number of hydrogen-bond acceptors (Lipinski definition) is 5. The van der Waals surface area contributed by atoms with Crippen LogP contribution in [0.3, 0.4) is 0 Å². The van der Waals surface area contributed by atoms with Crippen molar-refractivity contribution >= 4 is 17.9 Å². The molecule has 20 heavy (non-hydrogen) atoms. The molecule has 0 unspecified atom stereocenters. The van der Waals surface area contributed by atoms with E-state index in [1.807, 2.05) is 0 Å². The Morgan fingerprint density at radius 1 is 1.55 bits per heavy atom. The van der Waals surface area contributed by atoms with Crippen LogP contribution in [-0.4, -0.2) is 27.4 Å². The zero-order valence-electron chi connectivity index (χ0n) is 10.1. The van der Waals surface area contributed by atoms with E-state index in [9.17, 15) is 14.9 Å². The molecule has 1 heterocycles. The van der Waals surface area contributed by atoms with Crippen LogP contribution in [0.25, 0.3) is 11.3 Å². The van der Waals surface area contributed by atoms with Gasteiger partial charge in [0.05, 0.1) is 23.0 Å². The van der Waals surface area contributed by atoms with Gasteiger partial charge in [-0.05, 0) is 0 Å². The zero-order valence-corrected chi connectivity index (χ0v) is 10.1. The summed E-state index contributed by atoms with van der Waals surface area (Å²) < 4.78 is 0. The lowest BCUT2D eigenvalue weighted by atomic mass is 10.1. The SMILES string of the molecule is NC(=O)N/N=C/c1cn[nH]c1-c1cccc([N+](=O)[O-])c1. The average molecular weight is 274 g/mol. The number of nitrogens with two attached hydrogens (primary N) is 1. The predicted octanol–water partition coefficient (Wildman–Crippen LogP) is 0.987. The van der Waals surface area contributed by atoms with Gasteiger partial charge in [0.25, 0.3) is 5.69 Å². The minimum absolute atomic E-state index is 0.0322. The van der Waals surface area contributed by atoms with E-state index < -0.39 is 11.0 Å². The molecule has 0 aliphatic carbocycles. The van der Waals surface area contributed by atoms with Gasteiger partial charge >= 0.3 is 6.03 Å². The van der Waals surface area contributed by atoms with Crippen molar-refractivity contribution in [3.05, 3.63) is 46.1 Å². The van der Waals surface area contributed by atoms with Gasteiger partial charge in [0.2, 0.25) is 0 Å². The first-order valence-electron chi connectivity index (χ1n) is 5.44. The number of nitrogens with one attached hydrogen (secondary N) is 2. The number of rotatable bonds is 4. The molecule has 0 saturated carbocycles. The molecule has 9 heteroatoms. The van der Waals surface area contributed by atoms with Crippen LogP contribution in [0.5, 0.6) is 0 Å². The molecule has 0 radical (unpaired) electrons. The lowest BCUT2D eigenvalue weighted by molar-refractivity contribution is -0.384. The number of aromatic nitrogens is 2. The molecule has 0 aliphatic rings. The number of carbonyl (C=O) groups is 1. The highest BCUT2D eigenvalue weighted by atomic mass is 16.6. The third kappa shape index (κ3) is 2.96. The number of amides is 2. The van der Waals surface area contributed by atoms with Crippen molar-refractivity contribution < 1.29 is 9.72 Å². The number of hydrazone groups is 1. The Bertz CT molecular complexity index is 678. The number of hydrogen-bond donors (Lipinski definition) is 3. The smallest absolute Gasteiger partial charge is 0.332 e. The van der Waals surface area contributed by atoms with E-state index in [1.54, 1.807) is 12.1 Å². The van der Waals surface area contributed by atoms with E-state index in [0.29, 0.717) is 16.8 Å². The number of nitro groups is 1. The van der Waals surface area contributed by atoms with E-state index in [-0.39, 0.29) is 5.69 Å². The molecule has 2 amide bonds. The summed E-state index contributed by atoms with van der Waals surface area (Å²) in [6.45, 7) is 0. The maximum absolute atomic E-state index is 10.7. The number of nitro benzene ring substituents is 1. The molecule has 4 N–H and O–H groups in total. The van der Waals surface area contributed by atoms with Crippen molar-refractivity contribution in [2.24, 2.45) is 10.8 Å². The van der Waals surface area contributed by atoms with Gasteiger partial charge in [0.15, 0.2) is 0 Å². The highest BCUT2D eigenvalue weighted by Crippen LogP contribution is 2.24. The third-order valence-electron chi connectivity index (χ3n) is 2.39. The topological polar surface area (TPSA) is 139 Å². The Hall–Kier alpha value is -3.23. The number of aromatic amines is 1. The van der Waals surface area contributed by atoms with Crippen LogP contribution in [0.15, 0.2) is 35.6 Å². The molecule has 1 aromatic carbocycles. The number of benzene rings is 1. The molecular weight excluding hydrogens is 264 g/mol. The first kappa shape index (κ1) is 13.2. The Kier molecular flexibility index (Phi) is 3.70. The molecule has 102 valence electrons. The molecule has 0 fully saturated rings. The number of nitrogens with zero attached hydrogens (tertiary/aromatic N) is 3. The Balaban J connectivity index is 2.32. The summed E-state index contributed by atoms with van der Waals surface area (Å²) in [6.07, 6.45) is 2.81. The van der Waals surface area contributed by atoms with Gasteiger partial charge in [-0.15, -0.1) is 0 Å². The molecule has 0 atom stereocenters. The van der Waals surface area contributed by atoms with Crippen molar-refractivity contribution in [3.8, 4) is 11.3 Å².